The Balaban J connectivity index is 1.55. The molecule has 4 fully saturated rings. The van der Waals surface area contributed by atoms with Crippen LogP contribution in [0.15, 0.2) is 0 Å². The highest BCUT2D eigenvalue weighted by Gasteiger charge is 2.58. The number of unbranched alkanes of at least 4 members (excludes halogenated alkanes) is 6. The van der Waals surface area contributed by atoms with Crippen molar-refractivity contribution in [2.75, 3.05) is 0 Å². The van der Waals surface area contributed by atoms with Crippen LogP contribution in [0.3, 0.4) is 0 Å². The summed E-state index contributed by atoms with van der Waals surface area (Å²) < 4.78 is 0. The van der Waals surface area contributed by atoms with Crippen LogP contribution in [-0.4, -0.2) is 11.6 Å². The molecule has 0 spiro atoms. The van der Waals surface area contributed by atoms with Gasteiger partial charge in [0.15, 0.2) is 0 Å². The molecule has 0 aromatic carbocycles. The molecule has 0 saturated heterocycles. The Hall–Kier alpha value is -0.660. The van der Waals surface area contributed by atoms with Crippen molar-refractivity contribution in [3.63, 3.8) is 0 Å². The highest BCUT2D eigenvalue weighted by molar-refractivity contribution is 5.80. The Kier molecular flexibility index (Phi) is 7.79. The van der Waals surface area contributed by atoms with Crippen molar-refractivity contribution >= 4 is 11.6 Å². The van der Waals surface area contributed by atoms with Gasteiger partial charge in [-0.3, -0.25) is 9.59 Å². The molecule has 0 unspecified atom stereocenters. The van der Waals surface area contributed by atoms with Crippen LogP contribution in [0.4, 0.5) is 0 Å². The first kappa shape index (κ1) is 22.0. The number of rotatable bonds is 14. The van der Waals surface area contributed by atoms with Gasteiger partial charge >= 0.3 is 0 Å². The maximum absolute atomic E-state index is 12.8. The van der Waals surface area contributed by atoms with E-state index in [1.165, 1.54) is 77.0 Å². The molecule has 0 atom stereocenters. The number of Topliss-reactive ketones (excluding diaryl/α,β-unsaturated/α-hetero) is 2. The average Bonchev–Trinajstić information content (AvgIpc) is 2.60. The van der Waals surface area contributed by atoms with Crippen LogP contribution in [0.5, 0.6) is 0 Å². The summed E-state index contributed by atoms with van der Waals surface area (Å²) in [5.74, 6) is 2.61. The quantitative estimate of drug-likeness (QED) is 0.290. The third-order valence-electron chi connectivity index (χ3n) is 8.07. The molecule has 0 amide bonds. The van der Waals surface area contributed by atoms with E-state index in [0.717, 1.165) is 50.4 Å². The van der Waals surface area contributed by atoms with Crippen LogP contribution >= 0.6 is 0 Å². The van der Waals surface area contributed by atoms with E-state index in [-0.39, 0.29) is 10.8 Å². The van der Waals surface area contributed by atoms with Crippen LogP contribution in [0.2, 0.25) is 0 Å². The van der Waals surface area contributed by atoms with E-state index in [1.807, 2.05) is 0 Å². The summed E-state index contributed by atoms with van der Waals surface area (Å²) in [5, 5.41) is 0. The second-order valence-corrected chi connectivity index (χ2v) is 11.0. The number of hydrogen-bond acceptors (Lipinski definition) is 2. The molecule has 2 nitrogen and oxygen atoms in total. The van der Waals surface area contributed by atoms with Crippen molar-refractivity contribution in [1.29, 1.82) is 0 Å². The first-order valence-corrected chi connectivity index (χ1v) is 12.5. The van der Waals surface area contributed by atoms with E-state index in [2.05, 4.69) is 13.8 Å². The molecule has 4 bridgehead atoms. The van der Waals surface area contributed by atoms with Gasteiger partial charge in [-0.2, -0.15) is 0 Å². The van der Waals surface area contributed by atoms with Gasteiger partial charge in [0, 0.05) is 25.7 Å². The first-order chi connectivity index (χ1) is 13.5. The zero-order valence-electron chi connectivity index (χ0n) is 18.7. The standard InChI is InChI=1S/C26H44O2/c1-3-5-7-9-11-23(27)18-25-14-21-13-22(15-25)17-26(16-21,20-25)19-24(28)12-10-8-6-4-2/h21-22H,3-20H2,1-2H3. The van der Waals surface area contributed by atoms with Gasteiger partial charge in [-0.05, 0) is 74.0 Å². The van der Waals surface area contributed by atoms with Gasteiger partial charge in [0.2, 0.25) is 0 Å². The summed E-state index contributed by atoms with van der Waals surface area (Å²) in [6.07, 6.45) is 20.4. The summed E-state index contributed by atoms with van der Waals surface area (Å²) in [5.41, 5.74) is 0.517. The Labute approximate surface area is 173 Å². The minimum atomic E-state index is 0.258. The van der Waals surface area contributed by atoms with Crippen molar-refractivity contribution in [3.8, 4) is 0 Å². The third-order valence-corrected chi connectivity index (χ3v) is 8.07. The fourth-order valence-corrected chi connectivity index (χ4v) is 7.57. The Morgan fingerprint density at radius 2 is 1.11 bits per heavy atom. The lowest BCUT2D eigenvalue weighted by Crippen LogP contribution is -2.53. The maximum atomic E-state index is 12.8. The zero-order valence-corrected chi connectivity index (χ0v) is 18.7. The van der Waals surface area contributed by atoms with Gasteiger partial charge < -0.3 is 0 Å². The van der Waals surface area contributed by atoms with Crippen LogP contribution in [0.1, 0.15) is 129 Å². The second-order valence-electron chi connectivity index (χ2n) is 11.0. The lowest BCUT2D eigenvalue weighted by Gasteiger charge is -2.62. The van der Waals surface area contributed by atoms with Crippen molar-refractivity contribution in [2.24, 2.45) is 22.7 Å². The van der Waals surface area contributed by atoms with E-state index < -0.39 is 0 Å². The Morgan fingerprint density at radius 3 is 1.50 bits per heavy atom. The molecule has 4 rings (SSSR count). The summed E-state index contributed by atoms with van der Waals surface area (Å²) in [6.45, 7) is 4.45. The van der Waals surface area contributed by atoms with E-state index in [0.29, 0.717) is 11.6 Å². The lowest BCUT2D eigenvalue weighted by molar-refractivity contribution is -0.144. The van der Waals surface area contributed by atoms with Crippen LogP contribution in [0.25, 0.3) is 0 Å². The van der Waals surface area contributed by atoms with E-state index in [4.69, 9.17) is 0 Å². The molecular weight excluding hydrogens is 344 g/mol. The predicted octanol–water partition coefficient (Wildman–Crippen LogP) is 7.43. The Morgan fingerprint density at radius 1 is 0.679 bits per heavy atom. The van der Waals surface area contributed by atoms with Crippen LogP contribution in [-0.2, 0) is 9.59 Å². The van der Waals surface area contributed by atoms with Crippen LogP contribution in [0, 0.1) is 22.7 Å². The molecule has 0 N–H and O–H groups in total. The van der Waals surface area contributed by atoms with Crippen LogP contribution < -0.4 is 0 Å². The van der Waals surface area contributed by atoms with Crippen molar-refractivity contribution in [2.45, 2.75) is 129 Å². The lowest BCUT2D eigenvalue weighted by atomic mass is 9.42. The molecule has 0 aromatic rings. The van der Waals surface area contributed by atoms with Gasteiger partial charge in [0.1, 0.15) is 11.6 Å². The summed E-state index contributed by atoms with van der Waals surface area (Å²) in [4.78, 5) is 25.5. The molecule has 2 heteroatoms. The molecule has 0 aromatic heterocycles. The number of hydrogen-bond donors (Lipinski definition) is 0. The fraction of sp³-hybridized carbons (Fsp3) is 0.923. The van der Waals surface area contributed by atoms with Crippen molar-refractivity contribution in [3.05, 3.63) is 0 Å². The van der Waals surface area contributed by atoms with E-state index in [9.17, 15) is 9.59 Å². The van der Waals surface area contributed by atoms with Gasteiger partial charge in [-0.25, -0.2) is 0 Å². The number of ketones is 2. The second kappa shape index (κ2) is 9.90. The molecular formula is C26H44O2. The van der Waals surface area contributed by atoms with E-state index in [1.54, 1.807) is 0 Å². The summed E-state index contributed by atoms with van der Waals surface area (Å²) >= 11 is 0. The van der Waals surface area contributed by atoms with Crippen molar-refractivity contribution < 1.29 is 9.59 Å². The molecule has 4 aliphatic carbocycles. The molecule has 4 aliphatic rings. The minimum Gasteiger partial charge on any atom is -0.300 e. The zero-order chi connectivity index (χ0) is 20.0. The summed E-state index contributed by atoms with van der Waals surface area (Å²) in [7, 11) is 0. The largest absolute Gasteiger partial charge is 0.300 e. The van der Waals surface area contributed by atoms with Crippen molar-refractivity contribution in [1.82, 2.24) is 0 Å². The molecule has 0 aliphatic heterocycles. The molecule has 160 valence electrons. The van der Waals surface area contributed by atoms with Gasteiger partial charge in [0.25, 0.3) is 0 Å². The molecule has 28 heavy (non-hydrogen) atoms. The van der Waals surface area contributed by atoms with Gasteiger partial charge in [0.05, 0.1) is 0 Å². The van der Waals surface area contributed by atoms with Gasteiger partial charge in [-0.1, -0.05) is 52.4 Å². The predicted molar refractivity (Wildman–Crippen MR) is 116 cm³/mol. The highest BCUT2D eigenvalue weighted by atomic mass is 16.1. The smallest absolute Gasteiger partial charge is 0.133 e. The monoisotopic (exact) mass is 388 g/mol. The normalized spacial score (nSPS) is 33.4. The molecule has 0 heterocycles. The average molecular weight is 389 g/mol. The maximum Gasteiger partial charge on any atom is 0.133 e. The molecule has 4 saturated carbocycles. The van der Waals surface area contributed by atoms with Gasteiger partial charge in [-0.15, -0.1) is 0 Å². The number of carbonyl (C=O) groups excluding carboxylic acids is 2. The topological polar surface area (TPSA) is 34.1 Å². The molecule has 0 radical (unpaired) electrons. The third kappa shape index (κ3) is 5.70. The first-order valence-electron chi connectivity index (χ1n) is 12.5. The minimum absolute atomic E-state index is 0.258. The summed E-state index contributed by atoms with van der Waals surface area (Å²) in [6, 6.07) is 0. The fourth-order valence-electron chi connectivity index (χ4n) is 7.57. The highest BCUT2D eigenvalue weighted by Crippen LogP contribution is 2.67. The Bertz CT molecular complexity index is 477. The number of carbonyl (C=O) groups is 2. The van der Waals surface area contributed by atoms with E-state index >= 15 is 0 Å². The SMILES string of the molecule is CCCCCCC(=O)CC12CC3CC(C1)CC(CC(=O)CCCCCC)(C3)C2.